The highest BCUT2D eigenvalue weighted by molar-refractivity contribution is 7.96. The molecule has 0 spiro atoms. The van der Waals surface area contributed by atoms with Crippen LogP contribution in [0.2, 0.25) is 0 Å². The molecule has 0 aliphatic carbocycles. The molecule has 3 aromatic carbocycles. The summed E-state index contributed by atoms with van der Waals surface area (Å²) in [5, 5.41) is 20.0. The number of amides is 3. The summed E-state index contributed by atoms with van der Waals surface area (Å²) in [6, 6.07) is 20.8. The number of methoxy groups -OCH3 is 3. The number of Topliss-reactive ketones (excluding diaryl/α,β-unsaturated/α-hetero) is 1. The smallest absolute Gasteiger partial charge is 0.430 e. The van der Waals surface area contributed by atoms with Crippen LogP contribution in [0.3, 0.4) is 0 Å². The number of carbonyl (C=O) groups is 5. The lowest BCUT2D eigenvalue weighted by molar-refractivity contribution is -0.344. The highest BCUT2D eigenvalue weighted by atomic mass is 31.2. The Morgan fingerprint density at radius 1 is 0.661 bits per heavy atom. The highest BCUT2D eigenvalue weighted by Crippen LogP contribution is 2.56. The fourth-order valence-electron chi connectivity index (χ4n) is 5.76. The van der Waals surface area contributed by atoms with E-state index in [2.05, 4.69) is 16.0 Å². The lowest BCUT2D eigenvalue weighted by Crippen LogP contribution is -2.57. The zero-order valence-electron chi connectivity index (χ0n) is 33.0. The first-order valence-electron chi connectivity index (χ1n) is 17.7. The minimum atomic E-state index is -5.19. The minimum Gasteiger partial charge on any atom is -0.542 e. The van der Waals surface area contributed by atoms with Crippen LogP contribution in [-0.4, -0.2) is 81.3 Å². The fraction of sp³-hybridized carbons (Fsp3) is 0.425. The van der Waals surface area contributed by atoms with Crippen LogP contribution in [0.5, 0.6) is 17.2 Å². The number of aliphatic carboxylic acids is 1. The molecule has 16 heteroatoms. The second kappa shape index (κ2) is 21.2. The van der Waals surface area contributed by atoms with Crippen molar-refractivity contribution in [3.05, 3.63) is 72.8 Å². The predicted molar refractivity (Wildman–Crippen MR) is 207 cm³/mol. The molecule has 12 nitrogen and oxygen atoms in total. The van der Waals surface area contributed by atoms with E-state index in [-0.39, 0.29) is 29.7 Å². The Balaban J connectivity index is 0.00000141. The van der Waals surface area contributed by atoms with Crippen LogP contribution in [0, 0.1) is 11.8 Å². The summed E-state index contributed by atoms with van der Waals surface area (Å²) in [6.45, 7) is 10.5. The zero-order chi connectivity index (χ0) is 42.4. The number of hydrogen-bond acceptors (Lipinski definition) is 9. The minimum absolute atomic E-state index is 0.0804. The fourth-order valence-corrected chi connectivity index (χ4v) is 9.87. The first kappa shape index (κ1) is 47.0. The summed E-state index contributed by atoms with van der Waals surface area (Å²) < 4.78 is 48.0. The molecule has 0 heterocycles. The van der Waals surface area contributed by atoms with Crippen molar-refractivity contribution in [2.75, 3.05) is 27.5 Å². The molecule has 0 bridgehead atoms. The first-order valence-corrected chi connectivity index (χ1v) is 19.7. The van der Waals surface area contributed by atoms with E-state index >= 15 is 0 Å². The number of carboxylic acid groups (broad SMARTS) is 1. The lowest BCUT2D eigenvalue weighted by atomic mass is 9.98. The Kier molecular flexibility index (Phi) is 17.8. The van der Waals surface area contributed by atoms with Crippen molar-refractivity contribution < 1.29 is 56.5 Å². The van der Waals surface area contributed by atoms with Crippen LogP contribution < -0.4 is 51.2 Å². The van der Waals surface area contributed by atoms with Crippen LogP contribution >= 0.6 is 7.26 Å². The number of nitrogens with one attached hydrogen (secondary N) is 3. The second-order valence-electron chi connectivity index (χ2n) is 13.7. The van der Waals surface area contributed by atoms with Gasteiger partial charge in [-0.3, -0.25) is 19.2 Å². The molecule has 0 fully saturated rings. The van der Waals surface area contributed by atoms with E-state index in [1.54, 1.807) is 28.3 Å². The summed E-state index contributed by atoms with van der Waals surface area (Å²) >= 11 is 0. The topological polar surface area (TPSA) is 172 Å². The molecule has 0 unspecified atom stereocenters. The SMILES string of the molecule is COc1ccc([P+](CC(=O)[C@H](CC(C)C)NC(=O)[C@@H](NC(=O)[C@H](C)NC(C)=O)C(C)C)(c2ccc(OC)cc2)c2ccc(OC)cc2)cc1.O=C([O-])C(F)(F)F. The van der Waals surface area contributed by atoms with Gasteiger partial charge in [-0.2, -0.15) is 13.2 Å². The Labute approximate surface area is 326 Å². The van der Waals surface area contributed by atoms with Gasteiger partial charge in [-0.05, 0) is 98.0 Å². The average Bonchev–Trinajstić information content (AvgIpc) is 3.15. The van der Waals surface area contributed by atoms with E-state index in [0.29, 0.717) is 23.7 Å². The Bertz CT molecular complexity index is 1650. The summed E-state index contributed by atoms with van der Waals surface area (Å²) in [7, 11) is 2.12. The van der Waals surface area contributed by atoms with Gasteiger partial charge >= 0.3 is 6.18 Å². The molecular weight excluding hydrogens is 754 g/mol. The molecule has 0 saturated carbocycles. The van der Waals surface area contributed by atoms with Crippen LogP contribution in [0.25, 0.3) is 0 Å². The summed E-state index contributed by atoms with van der Waals surface area (Å²) in [6.07, 6.45) is -4.67. The Morgan fingerprint density at radius 3 is 1.32 bits per heavy atom. The maximum absolute atomic E-state index is 14.8. The summed E-state index contributed by atoms with van der Waals surface area (Å²) in [5.74, 6) is -2.56. The first-order chi connectivity index (χ1) is 26.2. The van der Waals surface area contributed by atoms with Crippen molar-refractivity contribution in [2.45, 2.75) is 72.3 Å². The monoisotopic (exact) mass is 805 g/mol. The molecule has 0 aromatic heterocycles. The number of benzene rings is 3. The quantitative estimate of drug-likeness (QED) is 0.174. The number of hydrogen-bond donors (Lipinski definition) is 3. The molecule has 3 amide bonds. The third-order valence-electron chi connectivity index (χ3n) is 8.64. The Morgan fingerprint density at radius 2 is 1.04 bits per heavy atom. The van der Waals surface area contributed by atoms with Crippen LogP contribution in [0.4, 0.5) is 13.2 Å². The van der Waals surface area contributed by atoms with E-state index in [0.717, 1.165) is 15.9 Å². The number of alkyl halides is 3. The molecular formula is C40H51F3N3O9P. The molecule has 0 aliphatic heterocycles. The van der Waals surface area contributed by atoms with Crippen molar-refractivity contribution in [3.8, 4) is 17.2 Å². The number of carbonyl (C=O) groups excluding carboxylic acids is 5. The van der Waals surface area contributed by atoms with Crippen molar-refractivity contribution in [2.24, 2.45) is 11.8 Å². The zero-order valence-corrected chi connectivity index (χ0v) is 33.9. The maximum atomic E-state index is 14.8. The van der Waals surface area contributed by atoms with Gasteiger partial charge in [-0.25, -0.2) is 0 Å². The number of ether oxygens (including phenoxy) is 3. The average molecular weight is 806 g/mol. The van der Waals surface area contributed by atoms with Gasteiger partial charge in [0.05, 0.1) is 27.4 Å². The predicted octanol–water partition coefficient (Wildman–Crippen LogP) is 3.07. The van der Waals surface area contributed by atoms with Crippen molar-refractivity contribution in [1.29, 1.82) is 0 Å². The van der Waals surface area contributed by atoms with Gasteiger partial charge in [-0.1, -0.05) is 27.7 Å². The highest BCUT2D eigenvalue weighted by Gasteiger charge is 2.49. The van der Waals surface area contributed by atoms with Crippen molar-refractivity contribution >= 4 is 52.7 Å². The number of carboxylic acids is 1. The van der Waals surface area contributed by atoms with Gasteiger partial charge in [0.15, 0.2) is 5.78 Å². The summed E-state index contributed by atoms with van der Waals surface area (Å²) in [5.41, 5.74) is 0. The van der Waals surface area contributed by atoms with Crippen molar-refractivity contribution in [1.82, 2.24) is 16.0 Å². The lowest BCUT2D eigenvalue weighted by Gasteiger charge is -2.30. The third kappa shape index (κ3) is 13.2. The molecule has 3 aromatic rings. The number of ketones is 1. The van der Waals surface area contributed by atoms with Gasteiger partial charge in [-0.15, -0.1) is 0 Å². The van der Waals surface area contributed by atoms with Gasteiger partial charge in [0.1, 0.15) is 64.6 Å². The summed E-state index contributed by atoms with van der Waals surface area (Å²) in [4.78, 5) is 61.8. The third-order valence-corrected chi connectivity index (χ3v) is 13.0. The molecule has 0 saturated heterocycles. The van der Waals surface area contributed by atoms with E-state index in [4.69, 9.17) is 24.1 Å². The van der Waals surface area contributed by atoms with Crippen molar-refractivity contribution in [3.63, 3.8) is 0 Å². The standard InChI is InChI=1S/C38H50N3O7P.C2HF3O2/c1-24(2)22-34(40-38(45)36(25(3)4)41-37(44)26(5)39-27(6)42)35(43)23-49(31-16-10-28(46-7)11-17-31,32-18-12-29(47-8)13-19-32)33-20-14-30(48-9)15-21-33;3-2(4,5)1(6)7/h10-21,24-26,34,36H,22-23H2,1-9H3,(H2-,39,40,41,42,44,45);(H,6,7)/t26-,34-,36-;/m0./s1. The van der Waals surface area contributed by atoms with E-state index in [1.165, 1.54) is 6.92 Å². The second-order valence-corrected chi connectivity index (χ2v) is 17.1. The van der Waals surface area contributed by atoms with Gasteiger partial charge in [0, 0.05) is 6.92 Å². The molecule has 3 atom stereocenters. The van der Waals surface area contributed by atoms with E-state index in [9.17, 15) is 32.3 Å². The largest absolute Gasteiger partial charge is 0.542 e. The van der Waals surface area contributed by atoms with Gasteiger partial charge in [0.25, 0.3) is 0 Å². The molecule has 0 radical (unpaired) electrons. The van der Waals surface area contributed by atoms with Crippen LogP contribution in [0.15, 0.2) is 72.8 Å². The normalized spacial score (nSPS) is 13.0. The maximum Gasteiger partial charge on any atom is 0.430 e. The molecule has 306 valence electrons. The molecule has 3 N–H and O–H groups in total. The van der Waals surface area contributed by atoms with E-state index in [1.807, 2.05) is 100 Å². The van der Waals surface area contributed by atoms with Gasteiger partial charge in [0.2, 0.25) is 17.7 Å². The molecule has 0 aliphatic rings. The Hall–Kier alpha value is -5.17. The van der Waals surface area contributed by atoms with Crippen LogP contribution in [-0.2, 0) is 24.0 Å². The van der Waals surface area contributed by atoms with Gasteiger partial charge < -0.3 is 40.1 Å². The molecule has 3 rings (SSSR count). The van der Waals surface area contributed by atoms with Crippen LogP contribution in [0.1, 0.15) is 48.0 Å². The number of rotatable bonds is 17. The number of halogens is 3. The molecule has 56 heavy (non-hydrogen) atoms. The van der Waals surface area contributed by atoms with E-state index < -0.39 is 49.3 Å².